The Morgan fingerprint density at radius 1 is 1.38 bits per heavy atom. The average Bonchev–Trinajstić information content (AvgIpc) is 2.25. The largest absolute Gasteiger partial charge is 0.480 e. The van der Waals surface area contributed by atoms with Gasteiger partial charge in [0.1, 0.15) is 11.1 Å². The molecule has 0 aliphatic rings. The molecule has 0 unspecified atom stereocenters. The van der Waals surface area contributed by atoms with Crippen LogP contribution >= 0.6 is 0 Å². The van der Waals surface area contributed by atoms with Crippen LogP contribution < -0.4 is 15.9 Å². The molecule has 2 heterocycles. The molecule has 2 aromatic rings. The van der Waals surface area contributed by atoms with E-state index in [1.165, 1.54) is 11.8 Å². The number of aromatic nitrogens is 4. The van der Waals surface area contributed by atoms with Gasteiger partial charge >= 0.3 is 0 Å². The van der Waals surface area contributed by atoms with Crippen LogP contribution in [0.5, 0.6) is 5.88 Å². The number of nitrogens with two attached hydrogens (primary N) is 1. The number of nitrogens with zero attached hydrogens (tertiary/aromatic N) is 4. The fourth-order valence-electron chi connectivity index (χ4n) is 1.52. The zero-order valence-corrected chi connectivity index (χ0v) is 9.18. The van der Waals surface area contributed by atoms with E-state index in [9.17, 15) is 4.79 Å². The lowest BCUT2D eigenvalue weighted by atomic mass is 10.3. The lowest BCUT2D eigenvalue weighted by Crippen LogP contribution is -2.18. The maximum atomic E-state index is 11.9. The number of nitrogen functional groups attached to an aromatic ring is 1. The number of hydrogen-bond donors (Lipinski definition) is 1. The fraction of sp³-hybridized carbons (Fsp3) is 0.333. The van der Waals surface area contributed by atoms with Gasteiger partial charge in [-0.15, -0.1) is 0 Å². The standard InChI is InChI=1S/C9H11N5O2/c1-4-6(15)5-7(14(2)13-4)11-9(10)12-8(5)16-3/h1-3H3,(H2,10,11,12). The Hall–Kier alpha value is -2.18. The van der Waals surface area contributed by atoms with Crippen LogP contribution in [0.1, 0.15) is 5.69 Å². The summed E-state index contributed by atoms with van der Waals surface area (Å²) in [6.07, 6.45) is 0. The predicted octanol–water partition coefficient (Wildman–Crippen LogP) is -0.377. The lowest BCUT2D eigenvalue weighted by molar-refractivity contribution is 0.402. The number of fused-ring (bicyclic) bond motifs is 1. The van der Waals surface area contributed by atoms with Gasteiger partial charge in [-0.1, -0.05) is 0 Å². The van der Waals surface area contributed by atoms with Crippen LogP contribution in [-0.4, -0.2) is 26.9 Å². The van der Waals surface area contributed by atoms with Gasteiger partial charge < -0.3 is 10.5 Å². The van der Waals surface area contributed by atoms with Crippen molar-refractivity contribution < 1.29 is 4.74 Å². The van der Waals surface area contributed by atoms with Gasteiger partial charge in [-0.25, -0.2) is 4.68 Å². The van der Waals surface area contributed by atoms with Crippen molar-refractivity contribution in [3.63, 3.8) is 0 Å². The minimum atomic E-state index is -0.245. The van der Waals surface area contributed by atoms with Gasteiger partial charge in [0.15, 0.2) is 5.65 Å². The number of anilines is 1. The first kappa shape index (κ1) is 10.3. The second kappa shape index (κ2) is 3.44. The molecule has 0 aliphatic carbocycles. The van der Waals surface area contributed by atoms with Gasteiger partial charge in [0.05, 0.1) is 7.11 Å². The second-order valence-corrected chi connectivity index (χ2v) is 3.33. The molecule has 0 saturated carbocycles. The summed E-state index contributed by atoms with van der Waals surface area (Å²) in [6.45, 7) is 1.62. The van der Waals surface area contributed by atoms with Crippen LogP contribution in [0.2, 0.25) is 0 Å². The number of aryl methyl sites for hydroxylation is 2. The van der Waals surface area contributed by atoms with Gasteiger partial charge in [-0.2, -0.15) is 15.1 Å². The zero-order valence-electron chi connectivity index (χ0n) is 9.18. The van der Waals surface area contributed by atoms with E-state index in [4.69, 9.17) is 10.5 Å². The molecule has 2 rings (SSSR count). The third kappa shape index (κ3) is 1.37. The van der Waals surface area contributed by atoms with E-state index >= 15 is 0 Å². The highest BCUT2D eigenvalue weighted by Crippen LogP contribution is 2.18. The van der Waals surface area contributed by atoms with Crippen molar-refractivity contribution in [3.05, 3.63) is 15.9 Å². The van der Waals surface area contributed by atoms with Gasteiger partial charge in [0, 0.05) is 7.05 Å². The maximum Gasteiger partial charge on any atom is 0.231 e. The second-order valence-electron chi connectivity index (χ2n) is 3.33. The first-order valence-electron chi connectivity index (χ1n) is 4.59. The zero-order chi connectivity index (χ0) is 11.9. The number of rotatable bonds is 1. The first-order chi connectivity index (χ1) is 7.54. The highest BCUT2D eigenvalue weighted by molar-refractivity contribution is 5.81. The predicted molar refractivity (Wildman–Crippen MR) is 58.3 cm³/mol. The van der Waals surface area contributed by atoms with E-state index in [1.807, 2.05) is 0 Å². The van der Waals surface area contributed by atoms with Gasteiger partial charge in [-0.05, 0) is 6.92 Å². The molecule has 0 radical (unpaired) electrons. The number of hydrogen-bond acceptors (Lipinski definition) is 6. The summed E-state index contributed by atoms with van der Waals surface area (Å²) >= 11 is 0. The van der Waals surface area contributed by atoms with E-state index in [0.29, 0.717) is 16.7 Å². The fourth-order valence-corrected chi connectivity index (χ4v) is 1.52. The van der Waals surface area contributed by atoms with Crippen molar-refractivity contribution in [2.45, 2.75) is 6.92 Å². The molecule has 84 valence electrons. The van der Waals surface area contributed by atoms with Crippen LogP contribution in [0.4, 0.5) is 5.95 Å². The van der Waals surface area contributed by atoms with Crippen molar-refractivity contribution in [2.24, 2.45) is 7.05 Å². The molecule has 2 N–H and O–H groups in total. The Balaban J connectivity index is 3.05. The Morgan fingerprint density at radius 2 is 2.06 bits per heavy atom. The molecule has 0 bridgehead atoms. The molecule has 0 saturated heterocycles. The molecule has 0 spiro atoms. The molecular weight excluding hydrogens is 210 g/mol. The van der Waals surface area contributed by atoms with E-state index in [0.717, 1.165) is 0 Å². The number of ether oxygens (including phenoxy) is 1. The highest BCUT2D eigenvalue weighted by atomic mass is 16.5. The van der Waals surface area contributed by atoms with Crippen LogP contribution in [0, 0.1) is 6.92 Å². The van der Waals surface area contributed by atoms with Gasteiger partial charge in [0.2, 0.25) is 17.3 Å². The summed E-state index contributed by atoms with van der Waals surface area (Å²) in [5, 5.41) is 4.32. The van der Waals surface area contributed by atoms with E-state index < -0.39 is 0 Å². The monoisotopic (exact) mass is 221 g/mol. The minimum Gasteiger partial charge on any atom is -0.480 e. The van der Waals surface area contributed by atoms with Gasteiger partial charge in [0.25, 0.3) is 0 Å². The molecule has 0 amide bonds. The highest BCUT2D eigenvalue weighted by Gasteiger charge is 2.14. The first-order valence-corrected chi connectivity index (χ1v) is 4.59. The van der Waals surface area contributed by atoms with Crippen molar-refractivity contribution >= 4 is 17.0 Å². The summed E-state index contributed by atoms with van der Waals surface area (Å²) in [5.74, 6) is 0.221. The third-order valence-electron chi connectivity index (χ3n) is 2.23. The Kier molecular flexibility index (Phi) is 2.22. The summed E-state index contributed by atoms with van der Waals surface area (Å²) in [4.78, 5) is 19.7. The van der Waals surface area contributed by atoms with Crippen molar-refractivity contribution in [2.75, 3.05) is 12.8 Å². The van der Waals surface area contributed by atoms with Crippen LogP contribution in [-0.2, 0) is 7.05 Å². The van der Waals surface area contributed by atoms with E-state index in [1.54, 1.807) is 14.0 Å². The maximum absolute atomic E-state index is 11.9. The molecule has 0 aliphatic heterocycles. The van der Waals surface area contributed by atoms with Crippen molar-refractivity contribution in [1.29, 1.82) is 0 Å². The summed E-state index contributed by atoms with van der Waals surface area (Å²) in [7, 11) is 3.11. The molecule has 0 fully saturated rings. The van der Waals surface area contributed by atoms with Gasteiger partial charge in [-0.3, -0.25) is 4.79 Å². The summed E-state index contributed by atoms with van der Waals surface area (Å²) < 4.78 is 6.51. The van der Waals surface area contributed by atoms with E-state index in [2.05, 4.69) is 15.1 Å². The Labute approximate surface area is 90.9 Å². The summed E-state index contributed by atoms with van der Waals surface area (Å²) in [5.41, 5.74) is 5.99. The molecular formula is C9H11N5O2. The summed E-state index contributed by atoms with van der Waals surface area (Å²) in [6, 6.07) is 0. The lowest BCUT2D eigenvalue weighted by Gasteiger charge is -2.08. The van der Waals surface area contributed by atoms with Crippen LogP contribution in [0.3, 0.4) is 0 Å². The topological polar surface area (TPSA) is 95.9 Å². The number of methoxy groups -OCH3 is 1. The minimum absolute atomic E-state index is 0.0463. The van der Waals surface area contributed by atoms with Crippen LogP contribution in [0.15, 0.2) is 4.79 Å². The van der Waals surface area contributed by atoms with Crippen LogP contribution in [0.25, 0.3) is 11.0 Å². The Morgan fingerprint density at radius 3 is 2.69 bits per heavy atom. The third-order valence-corrected chi connectivity index (χ3v) is 2.23. The van der Waals surface area contributed by atoms with Crippen molar-refractivity contribution in [3.8, 4) is 5.88 Å². The molecule has 0 aromatic carbocycles. The Bertz CT molecular complexity index is 619. The molecule has 7 nitrogen and oxygen atoms in total. The SMILES string of the molecule is COc1nc(N)nc2c1c(=O)c(C)nn2C. The molecule has 7 heteroatoms. The average molecular weight is 221 g/mol. The molecule has 16 heavy (non-hydrogen) atoms. The van der Waals surface area contributed by atoms with E-state index in [-0.39, 0.29) is 17.3 Å². The quantitative estimate of drug-likeness (QED) is 0.705. The normalized spacial score (nSPS) is 10.7. The smallest absolute Gasteiger partial charge is 0.231 e. The molecule has 0 atom stereocenters. The van der Waals surface area contributed by atoms with Crippen molar-refractivity contribution in [1.82, 2.24) is 19.7 Å². The molecule has 2 aromatic heterocycles.